The molecule has 4 aromatic heterocycles. The predicted octanol–water partition coefficient (Wildman–Crippen LogP) is 3.04. The van der Waals surface area contributed by atoms with Crippen LogP contribution in [-0.4, -0.2) is 62.9 Å². The van der Waals surface area contributed by atoms with Gasteiger partial charge >= 0.3 is 0 Å². The van der Waals surface area contributed by atoms with Gasteiger partial charge in [0.1, 0.15) is 6.26 Å². The quantitative estimate of drug-likeness (QED) is 0.372. The topological polar surface area (TPSA) is 92.1 Å². The minimum atomic E-state index is -0.991. The molecule has 1 atom stereocenters. The Hall–Kier alpha value is -2.69. The third kappa shape index (κ3) is 4.51. The normalized spacial score (nSPS) is 13.0. The van der Waals surface area contributed by atoms with Gasteiger partial charge in [-0.1, -0.05) is 13.8 Å². The molecular weight excluding hydrogens is 412 g/mol. The highest BCUT2D eigenvalue weighted by atomic mass is 32.2. The van der Waals surface area contributed by atoms with Crippen LogP contribution in [0.4, 0.5) is 0 Å². The van der Waals surface area contributed by atoms with Crippen LogP contribution in [0.3, 0.4) is 0 Å². The van der Waals surface area contributed by atoms with Gasteiger partial charge in [-0.3, -0.25) is 9.36 Å². The second-order valence-corrected chi connectivity index (χ2v) is 9.05. The first kappa shape index (κ1) is 21.5. The van der Waals surface area contributed by atoms with E-state index in [1.165, 1.54) is 0 Å². The Bertz CT molecular complexity index is 1140. The minimum Gasteiger partial charge on any atom is -0.598 e. The largest absolute Gasteiger partial charge is 0.598 e. The predicted molar refractivity (Wildman–Crippen MR) is 122 cm³/mol. The Labute approximate surface area is 185 Å². The van der Waals surface area contributed by atoms with Gasteiger partial charge in [0.05, 0.1) is 60.8 Å². The van der Waals surface area contributed by atoms with Crippen LogP contribution < -0.4 is 0 Å². The van der Waals surface area contributed by atoms with Crippen LogP contribution in [0.1, 0.15) is 32.7 Å². The number of hydrogen-bond acceptors (Lipinski definition) is 6. The smallest absolute Gasteiger partial charge is 0.115 e. The molecule has 10 heteroatoms. The van der Waals surface area contributed by atoms with Gasteiger partial charge in [-0.15, -0.1) is 4.31 Å². The molecule has 4 aromatic rings. The zero-order chi connectivity index (χ0) is 22.0. The molecule has 4 heterocycles. The fourth-order valence-corrected chi connectivity index (χ4v) is 3.93. The van der Waals surface area contributed by atoms with E-state index in [4.69, 9.17) is 4.98 Å². The highest BCUT2D eigenvalue weighted by Gasteiger charge is 2.16. The first-order valence-corrected chi connectivity index (χ1v) is 12.0. The molecule has 0 spiro atoms. The molecule has 0 aliphatic carbocycles. The van der Waals surface area contributed by atoms with Gasteiger partial charge in [-0.05, 0) is 18.9 Å². The summed E-state index contributed by atoms with van der Waals surface area (Å²) in [6.07, 6.45) is 15.1. The van der Waals surface area contributed by atoms with Gasteiger partial charge < -0.3 is 4.55 Å². The lowest BCUT2D eigenvalue weighted by Crippen LogP contribution is -2.29. The van der Waals surface area contributed by atoms with Crippen LogP contribution in [0.2, 0.25) is 0 Å². The molecule has 0 radical (unpaired) electrons. The van der Waals surface area contributed by atoms with E-state index in [0.29, 0.717) is 19.1 Å². The molecular formula is C21H28N8OS. The molecule has 9 nitrogen and oxygen atoms in total. The summed E-state index contributed by atoms with van der Waals surface area (Å²) in [6, 6.07) is 2.34. The van der Waals surface area contributed by atoms with Crippen molar-refractivity contribution in [2.75, 3.05) is 19.8 Å². The van der Waals surface area contributed by atoms with Crippen LogP contribution in [0, 0.1) is 0 Å². The van der Waals surface area contributed by atoms with Crippen molar-refractivity contribution in [1.29, 1.82) is 0 Å². The molecule has 0 saturated carbocycles. The zero-order valence-corrected chi connectivity index (χ0v) is 19.2. The highest BCUT2D eigenvalue weighted by Crippen LogP contribution is 2.27. The maximum atomic E-state index is 11.5. The number of nitrogens with zero attached hydrogens (tertiary/aromatic N) is 8. The number of likely N-dealkylation sites (N-methyl/N-ethyl adjacent to an activating group) is 1. The minimum absolute atomic E-state index is 0.381. The Morgan fingerprint density at radius 3 is 2.58 bits per heavy atom. The molecule has 1 unspecified atom stereocenters. The lowest BCUT2D eigenvalue weighted by Gasteiger charge is -2.16. The van der Waals surface area contributed by atoms with Crippen molar-refractivity contribution in [1.82, 2.24) is 38.5 Å². The first-order chi connectivity index (χ1) is 15.0. The fraction of sp³-hybridized carbons (Fsp3) is 0.429. The molecule has 0 fully saturated rings. The lowest BCUT2D eigenvalue weighted by molar-refractivity contribution is 0.428. The van der Waals surface area contributed by atoms with Crippen molar-refractivity contribution in [3.8, 4) is 22.5 Å². The number of hydrogen-bond donors (Lipinski definition) is 0. The Kier molecular flexibility index (Phi) is 6.40. The molecule has 31 heavy (non-hydrogen) atoms. The SMILES string of the molecule is CCC(CC)n1cc(-c2nc(-c3cnn(CCN(C)[S+](C)[O-])c3)cn3nccc23)cn1. The van der Waals surface area contributed by atoms with E-state index in [1.807, 2.05) is 45.6 Å². The summed E-state index contributed by atoms with van der Waals surface area (Å²) in [7, 11) is 1.84. The third-order valence-electron chi connectivity index (χ3n) is 5.59. The van der Waals surface area contributed by atoms with Gasteiger partial charge in [0, 0.05) is 41.9 Å². The standard InChI is InChI=1S/C21H28N8OS/c1-5-18(6-2)28-14-17(12-24-28)21-20-7-8-22-29(20)15-19(25-21)16-11-23-27(13-16)10-9-26(3)31(4)30/h7-8,11-15,18H,5-6,9-10H2,1-4H3. The van der Waals surface area contributed by atoms with E-state index < -0.39 is 11.4 Å². The molecule has 164 valence electrons. The first-order valence-electron chi connectivity index (χ1n) is 10.5. The number of fused-ring (bicyclic) bond motifs is 1. The van der Waals surface area contributed by atoms with Crippen LogP contribution in [0.25, 0.3) is 28.0 Å². The van der Waals surface area contributed by atoms with Crippen molar-refractivity contribution in [2.24, 2.45) is 0 Å². The zero-order valence-electron chi connectivity index (χ0n) is 18.3. The molecule has 0 aliphatic heterocycles. The average molecular weight is 441 g/mol. The van der Waals surface area contributed by atoms with Crippen LogP contribution in [-0.2, 0) is 17.9 Å². The molecule has 0 aromatic carbocycles. The molecule has 4 rings (SSSR count). The fourth-order valence-electron chi connectivity index (χ4n) is 3.59. The average Bonchev–Trinajstić information content (AvgIpc) is 3.52. The summed E-state index contributed by atoms with van der Waals surface area (Å²) in [6.45, 7) is 5.65. The van der Waals surface area contributed by atoms with Crippen molar-refractivity contribution in [3.05, 3.63) is 43.2 Å². The van der Waals surface area contributed by atoms with E-state index >= 15 is 0 Å². The number of aromatic nitrogens is 7. The van der Waals surface area contributed by atoms with Crippen LogP contribution >= 0.6 is 0 Å². The van der Waals surface area contributed by atoms with Gasteiger partial charge in [0.2, 0.25) is 0 Å². The van der Waals surface area contributed by atoms with Gasteiger partial charge in [0.25, 0.3) is 0 Å². The van der Waals surface area contributed by atoms with E-state index in [2.05, 4.69) is 35.3 Å². The Morgan fingerprint density at radius 1 is 1.06 bits per heavy atom. The lowest BCUT2D eigenvalue weighted by atomic mass is 10.1. The summed E-state index contributed by atoms with van der Waals surface area (Å²) in [5, 5.41) is 13.5. The highest BCUT2D eigenvalue weighted by molar-refractivity contribution is 7.88. The third-order valence-corrected chi connectivity index (χ3v) is 6.65. The summed E-state index contributed by atoms with van der Waals surface area (Å²) in [5.41, 5.74) is 4.46. The molecule has 0 bridgehead atoms. The monoisotopic (exact) mass is 440 g/mol. The summed E-state index contributed by atoms with van der Waals surface area (Å²) >= 11 is -0.991. The van der Waals surface area contributed by atoms with Crippen molar-refractivity contribution < 1.29 is 4.55 Å². The Morgan fingerprint density at radius 2 is 1.84 bits per heavy atom. The van der Waals surface area contributed by atoms with Crippen molar-refractivity contribution in [2.45, 2.75) is 39.3 Å². The van der Waals surface area contributed by atoms with Crippen LogP contribution in [0.5, 0.6) is 0 Å². The summed E-state index contributed by atoms with van der Waals surface area (Å²) in [5.74, 6) is 0. The van der Waals surface area contributed by atoms with E-state index in [-0.39, 0.29) is 0 Å². The van der Waals surface area contributed by atoms with Crippen LogP contribution in [0.15, 0.2) is 43.2 Å². The second kappa shape index (κ2) is 9.21. The summed E-state index contributed by atoms with van der Waals surface area (Å²) < 4.78 is 19.0. The maximum Gasteiger partial charge on any atom is 0.115 e. The second-order valence-electron chi connectivity index (χ2n) is 7.58. The van der Waals surface area contributed by atoms with Crippen molar-refractivity contribution in [3.63, 3.8) is 0 Å². The molecule has 0 aliphatic rings. The van der Waals surface area contributed by atoms with Gasteiger partial charge in [-0.2, -0.15) is 15.3 Å². The van der Waals surface area contributed by atoms with Gasteiger partial charge in [-0.25, -0.2) is 9.50 Å². The molecule has 0 saturated heterocycles. The Balaban J connectivity index is 1.65. The van der Waals surface area contributed by atoms with Crippen molar-refractivity contribution >= 4 is 16.9 Å². The van der Waals surface area contributed by atoms with E-state index in [0.717, 1.165) is 40.9 Å². The molecule has 0 N–H and O–H groups in total. The maximum absolute atomic E-state index is 11.5. The number of rotatable bonds is 9. The van der Waals surface area contributed by atoms with Gasteiger partial charge in [0.15, 0.2) is 0 Å². The summed E-state index contributed by atoms with van der Waals surface area (Å²) in [4.78, 5) is 4.95. The van der Waals surface area contributed by atoms with E-state index in [1.54, 1.807) is 23.0 Å². The molecule has 0 amide bonds. The van der Waals surface area contributed by atoms with E-state index in [9.17, 15) is 4.55 Å².